The van der Waals surface area contributed by atoms with Gasteiger partial charge in [0.15, 0.2) is 0 Å². The average Bonchev–Trinajstić information content (AvgIpc) is 3.86. The second kappa shape index (κ2) is 14.1. The van der Waals surface area contributed by atoms with E-state index < -0.39 is 0 Å². The van der Waals surface area contributed by atoms with E-state index in [1.54, 1.807) is 0 Å². The van der Waals surface area contributed by atoms with Gasteiger partial charge in [-0.1, -0.05) is 224 Å². The highest BCUT2D eigenvalue weighted by molar-refractivity contribution is 6.25. The van der Waals surface area contributed by atoms with E-state index in [0.717, 1.165) is 0 Å². The van der Waals surface area contributed by atoms with Gasteiger partial charge >= 0.3 is 0 Å². The predicted octanol–water partition coefficient (Wildman–Crippen LogP) is 18.7. The van der Waals surface area contributed by atoms with Crippen LogP contribution in [0.15, 0.2) is 206 Å². The van der Waals surface area contributed by atoms with E-state index in [1.807, 2.05) is 0 Å². The maximum atomic E-state index is 2.50. The molecule has 0 fully saturated rings. The van der Waals surface area contributed by atoms with Crippen LogP contribution in [0.2, 0.25) is 0 Å². The summed E-state index contributed by atoms with van der Waals surface area (Å²) in [4.78, 5) is 0. The topological polar surface area (TPSA) is 0 Å². The minimum absolute atomic E-state index is 0.0686. The van der Waals surface area contributed by atoms with Gasteiger partial charge in [-0.05, 0) is 168 Å². The Kier molecular flexibility index (Phi) is 8.25. The van der Waals surface area contributed by atoms with Gasteiger partial charge in [0.25, 0.3) is 0 Å². The van der Waals surface area contributed by atoms with Crippen molar-refractivity contribution in [2.45, 2.75) is 57.8 Å². The van der Waals surface area contributed by atoms with Gasteiger partial charge in [0.2, 0.25) is 0 Å². The summed E-state index contributed by atoms with van der Waals surface area (Å²) in [7, 11) is 0. The summed E-state index contributed by atoms with van der Waals surface area (Å²) in [5.41, 5.74) is 26.3. The van der Waals surface area contributed by atoms with E-state index >= 15 is 0 Å². The second-order valence-electron chi connectivity index (χ2n) is 21.6. The third-order valence-electron chi connectivity index (χ3n) is 16.9. The van der Waals surface area contributed by atoms with Gasteiger partial charge in [0.05, 0.1) is 0 Å². The summed E-state index contributed by atoms with van der Waals surface area (Å²) >= 11 is 0. The third-order valence-corrected chi connectivity index (χ3v) is 16.9. The van der Waals surface area contributed by atoms with E-state index in [0.29, 0.717) is 0 Å². The molecule has 0 saturated carbocycles. The van der Waals surface area contributed by atoms with Crippen molar-refractivity contribution in [1.82, 2.24) is 0 Å². The van der Waals surface area contributed by atoms with Gasteiger partial charge in [-0.15, -0.1) is 0 Å². The van der Waals surface area contributed by atoms with Gasteiger partial charge < -0.3 is 0 Å². The highest BCUT2D eigenvalue weighted by Crippen LogP contribution is 2.55. The molecule has 0 heteroatoms. The molecular formula is C69H52. The summed E-state index contributed by atoms with van der Waals surface area (Å²) in [5, 5.41) is 7.59. The molecule has 0 aromatic heterocycles. The van der Waals surface area contributed by atoms with Crippen LogP contribution >= 0.6 is 0 Å². The zero-order valence-corrected chi connectivity index (χ0v) is 40.1. The van der Waals surface area contributed by atoms with E-state index in [9.17, 15) is 0 Å². The SMILES string of the molecule is CC1(C)c2ccccc2-c2cc(-c3c4ccccc4c(-c4ccc(-c5ccc6c(c5)C(C)(C)c5ccccc5-6)c5ccccc45)c4ccc(-c5ccc6c(c5)C(C)(C)c5ccccc5-6)cc34)ccc21. The van der Waals surface area contributed by atoms with Crippen LogP contribution < -0.4 is 0 Å². The Hall–Kier alpha value is -7.80. The molecule has 0 bridgehead atoms. The molecule has 0 aliphatic heterocycles. The van der Waals surface area contributed by atoms with Crippen LogP contribution in [0.4, 0.5) is 0 Å². The molecular weight excluding hydrogens is 829 g/mol. The van der Waals surface area contributed by atoms with Gasteiger partial charge in [0.1, 0.15) is 0 Å². The molecule has 0 spiro atoms. The Balaban J connectivity index is 1.01. The van der Waals surface area contributed by atoms with Crippen LogP contribution in [-0.4, -0.2) is 0 Å². The molecule has 0 saturated heterocycles. The highest BCUT2D eigenvalue weighted by Gasteiger charge is 2.38. The van der Waals surface area contributed by atoms with Crippen molar-refractivity contribution in [1.29, 1.82) is 0 Å². The Morgan fingerprint density at radius 1 is 0.203 bits per heavy atom. The Bertz CT molecular complexity index is 4040. The summed E-state index contributed by atoms with van der Waals surface area (Å²) in [6.45, 7) is 14.3. The first-order chi connectivity index (χ1) is 33.5. The normalized spacial score (nSPS) is 15.2. The van der Waals surface area contributed by atoms with Crippen LogP contribution in [0, 0.1) is 0 Å². The average molecular weight is 881 g/mol. The molecule has 0 nitrogen and oxygen atoms in total. The van der Waals surface area contributed by atoms with Crippen LogP contribution in [0.1, 0.15) is 74.9 Å². The minimum atomic E-state index is -0.0873. The van der Waals surface area contributed by atoms with Gasteiger partial charge in [0, 0.05) is 16.2 Å². The zero-order chi connectivity index (χ0) is 46.6. The maximum Gasteiger partial charge on any atom is 0.0159 e. The number of hydrogen-bond acceptors (Lipinski definition) is 0. The first kappa shape index (κ1) is 40.3. The predicted molar refractivity (Wildman–Crippen MR) is 293 cm³/mol. The van der Waals surface area contributed by atoms with E-state index in [1.165, 1.54) is 144 Å². The van der Waals surface area contributed by atoms with Crippen LogP contribution in [0.25, 0.3) is 110 Å². The lowest BCUT2D eigenvalue weighted by Gasteiger charge is -2.23. The molecule has 0 amide bonds. The fourth-order valence-corrected chi connectivity index (χ4v) is 13.4. The monoisotopic (exact) mass is 880 g/mol. The molecule has 0 N–H and O–H groups in total. The number of hydrogen-bond donors (Lipinski definition) is 0. The number of benzene rings is 11. The lowest BCUT2D eigenvalue weighted by molar-refractivity contribution is 0.660. The van der Waals surface area contributed by atoms with Crippen molar-refractivity contribution < 1.29 is 0 Å². The first-order valence-electron chi connectivity index (χ1n) is 24.7. The van der Waals surface area contributed by atoms with Crippen LogP contribution in [0.5, 0.6) is 0 Å². The lowest BCUT2D eigenvalue weighted by Crippen LogP contribution is -2.14. The van der Waals surface area contributed by atoms with Gasteiger partial charge in [-0.25, -0.2) is 0 Å². The molecule has 11 aromatic carbocycles. The first-order valence-corrected chi connectivity index (χ1v) is 24.7. The fourth-order valence-electron chi connectivity index (χ4n) is 13.4. The highest BCUT2D eigenvalue weighted by atomic mass is 14.4. The molecule has 69 heavy (non-hydrogen) atoms. The number of fused-ring (bicyclic) bond motifs is 12. The van der Waals surface area contributed by atoms with Gasteiger partial charge in [-0.3, -0.25) is 0 Å². The molecule has 11 aromatic rings. The molecule has 3 aliphatic rings. The van der Waals surface area contributed by atoms with Crippen molar-refractivity contribution in [3.63, 3.8) is 0 Å². The molecule has 0 atom stereocenters. The molecule has 14 rings (SSSR count). The zero-order valence-electron chi connectivity index (χ0n) is 40.1. The van der Waals surface area contributed by atoms with E-state index in [-0.39, 0.29) is 16.2 Å². The fraction of sp³-hybridized carbons (Fsp3) is 0.130. The van der Waals surface area contributed by atoms with Crippen LogP contribution in [-0.2, 0) is 16.2 Å². The Morgan fingerprint density at radius 3 is 1.20 bits per heavy atom. The standard InChI is InChI=1S/C69H52/c1-67(2)61-26-16-13-21-50(61)57-38-44(30-36-62(57)67)65-53-22-9-10-23-54(53)66(56-33-28-41(37-58(56)65)42-27-31-51-48-19-11-14-24-59(48)68(3,4)63(51)39-42)55-35-34-45(46-17-7-8-18-47(46)55)43-29-32-52-49-20-12-15-25-60(49)69(5,6)64(52)40-43/h7-40H,1-6H3. The quantitative estimate of drug-likeness (QED) is 0.155. The van der Waals surface area contributed by atoms with Crippen molar-refractivity contribution in [2.75, 3.05) is 0 Å². The van der Waals surface area contributed by atoms with E-state index in [2.05, 4.69) is 248 Å². The maximum absolute atomic E-state index is 2.50. The largest absolute Gasteiger partial charge is 0.0619 e. The summed E-state index contributed by atoms with van der Waals surface area (Å²) in [5.74, 6) is 0. The molecule has 0 heterocycles. The minimum Gasteiger partial charge on any atom is -0.0619 e. The van der Waals surface area contributed by atoms with Crippen LogP contribution in [0.3, 0.4) is 0 Å². The molecule has 0 radical (unpaired) electrons. The summed E-state index contributed by atoms with van der Waals surface area (Å²) < 4.78 is 0. The van der Waals surface area contributed by atoms with Crippen molar-refractivity contribution in [3.8, 4) is 77.9 Å². The van der Waals surface area contributed by atoms with Crippen molar-refractivity contribution >= 4 is 32.3 Å². The van der Waals surface area contributed by atoms with Gasteiger partial charge in [-0.2, -0.15) is 0 Å². The third kappa shape index (κ3) is 5.52. The number of rotatable bonds is 4. The Morgan fingerprint density at radius 2 is 0.580 bits per heavy atom. The smallest absolute Gasteiger partial charge is 0.0159 e. The Labute approximate surface area is 405 Å². The lowest BCUT2D eigenvalue weighted by atomic mass is 9.80. The van der Waals surface area contributed by atoms with E-state index in [4.69, 9.17) is 0 Å². The summed E-state index contributed by atoms with van der Waals surface area (Å²) in [6.07, 6.45) is 0. The van der Waals surface area contributed by atoms with Crippen molar-refractivity contribution in [2.24, 2.45) is 0 Å². The second-order valence-corrected chi connectivity index (χ2v) is 21.6. The molecule has 0 unspecified atom stereocenters. The van der Waals surface area contributed by atoms with Crippen molar-refractivity contribution in [3.05, 3.63) is 240 Å². The molecule has 328 valence electrons. The molecule has 3 aliphatic carbocycles. The summed E-state index contributed by atoms with van der Waals surface area (Å²) in [6, 6.07) is 78.9.